The Balaban J connectivity index is 2.71. The van der Waals surface area contributed by atoms with Crippen LogP contribution in [-0.4, -0.2) is 66.1 Å². The van der Waals surface area contributed by atoms with Gasteiger partial charge >= 0.3 is 11.9 Å². The van der Waals surface area contributed by atoms with Crippen molar-refractivity contribution < 1.29 is 38.7 Å². The van der Waals surface area contributed by atoms with Gasteiger partial charge < -0.3 is 29.2 Å². The number of carbonyl (C=O) groups excluding carboxylic acids is 2. The van der Waals surface area contributed by atoms with Gasteiger partial charge in [-0.3, -0.25) is 9.59 Å². The maximum atomic E-state index is 11.7. The van der Waals surface area contributed by atoms with Crippen molar-refractivity contribution in [3.63, 3.8) is 0 Å². The third-order valence-electron chi connectivity index (χ3n) is 3.56. The zero-order valence-corrected chi connectivity index (χ0v) is 14.5. The van der Waals surface area contributed by atoms with E-state index in [1.165, 1.54) is 0 Å². The van der Waals surface area contributed by atoms with Crippen molar-refractivity contribution in [2.24, 2.45) is 0 Å². The van der Waals surface area contributed by atoms with Crippen LogP contribution in [0.1, 0.15) is 46.5 Å². The molecule has 0 bridgehead atoms. The summed E-state index contributed by atoms with van der Waals surface area (Å²) >= 11 is 0. The Hall–Kier alpha value is -1.22. The lowest BCUT2D eigenvalue weighted by molar-refractivity contribution is -0.303. The Bertz CT molecular complexity index is 398. The Morgan fingerprint density at radius 2 is 1.62 bits per heavy atom. The molecule has 0 unspecified atom stereocenters. The third-order valence-corrected chi connectivity index (χ3v) is 3.56. The van der Waals surface area contributed by atoms with Crippen molar-refractivity contribution in [2.75, 3.05) is 13.2 Å². The van der Waals surface area contributed by atoms with E-state index in [9.17, 15) is 19.8 Å². The summed E-state index contributed by atoms with van der Waals surface area (Å²) in [5, 5.41) is 20.4. The quantitative estimate of drug-likeness (QED) is 0.580. The SMILES string of the molecule is CCCC(=O)OC[C@H]1O[C@@H](OCC)[C@H](OC(=O)CCC)[C@@H](O)[C@@H]1O. The standard InChI is InChI=1S/C16H28O8/c1-4-7-11(17)22-9-10-13(19)14(20)15(16(23-10)21-6-3)24-12(18)8-5-2/h10,13-16,19-20H,4-9H2,1-3H3/t10-,13-,14+,15-,16-/m1/s1. The first kappa shape index (κ1) is 20.8. The summed E-state index contributed by atoms with van der Waals surface area (Å²) in [6.45, 7) is 5.44. The van der Waals surface area contributed by atoms with Crippen molar-refractivity contribution in [3.8, 4) is 0 Å². The van der Waals surface area contributed by atoms with Crippen LogP contribution in [0.2, 0.25) is 0 Å². The van der Waals surface area contributed by atoms with Crippen molar-refractivity contribution >= 4 is 11.9 Å². The third kappa shape index (κ3) is 6.01. The first-order chi connectivity index (χ1) is 11.4. The summed E-state index contributed by atoms with van der Waals surface area (Å²) in [4.78, 5) is 23.1. The van der Waals surface area contributed by atoms with E-state index in [2.05, 4.69) is 0 Å². The topological polar surface area (TPSA) is 112 Å². The number of aliphatic hydroxyl groups excluding tert-OH is 2. The average molecular weight is 348 g/mol. The minimum atomic E-state index is -1.40. The number of aliphatic hydroxyl groups is 2. The van der Waals surface area contributed by atoms with E-state index in [-0.39, 0.29) is 26.1 Å². The molecule has 0 saturated carbocycles. The van der Waals surface area contributed by atoms with Crippen LogP contribution >= 0.6 is 0 Å². The minimum Gasteiger partial charge on any atom is -0.463 e. The number of carbonyl (C=O) groups is 2. The second-order valence-corrected chi connectivity index (χ2v) is 5.62. The zero-order valence-electron chi connectivity index (χ0n) is 14.5. The molecular weight excluding hydrogens is 320 g/mol. The van der Waals surface area contributed by atoms with Crippen molar-refractivity contribution in [3.05, 3.63) is 0 Å². The van der Waals surface area contributed by atoms with E-state index in [0.29, 0.717) is 12.8 Å². The van der Waals surface area contributed by atoms with E-state index in [0.717, 1.165) is 0 Å². The lowest BCUT2D eigenvalue weighted by atomic mass is 9.99. The fourth-order valence-corrected chi connectivity index (χ4v) is 2.33. The number of hydrogen-bond acceptors (Lipinski definition) is 8. The van der Waals surface area contributed by atoms with E-state index >= 15 is 0 Å². The van der Waals surface area contributed by atoms with Gasteiger partial charge in [0.15, 0.2) is 12.4 Å². The number of ether oxygens (including phenoxy) is 4. The molecule has 1 fully saturated rings. The van der Waals surface area contributed by atoms with Gasteiger partial charge in [0.05, 0.1) is 0 Å². The second kappa shape index (κ2) is 10.6. The Labute approximate surface area is 142 Å². The van der Waals surface area contributed by atoms with Crippen LogP contribution < -0.4 is 0 Å². The molecule has 1 aliphatic rings. The predicted molar refractivity (Wildman–Crippen MR) is 83.0 cm³/mol. The molecule has 8 nitrogen and oxygen atoms in total. The van der Waals surface area contributed by atoms with Crippen LogP contribution in [0.25, 0.3) is 0 Å². The second-order valence-electron chi connectivity index (χ2n) is 5.62. The first-order valence-electron chi connectivity index (χ1n) is 8.42. The summed E-state index contributed by atoms with van der Waals surface area (Å²) in [5.41, 5.74) is 0. The molecule has 0 aromatic heterocycles. The van der Waals surface area contributed by atoms with Gasteiger partial charge in [0, 0.05) is 19.4 Å². The lowest BCUT2D eigenvalue weighted by Crippen LogP contribution is -2.60. The molecular formula is C16H28O8. The Morgan fingerprint density at radius 1 is 1.00 bits per heavy atom. The van der Waals surface area contributed by atoms with E-state index in [1.54, 1.807) is 6.92 Å². The first-order valence-corrected chi connectivity index (χ1v) is 8.42. The Kier molecular flexibility index (Phi) is 9.20. The highest BCUT2D eigenvalue weighted by Crippen LogP contribution is 2.25. The number of hydrogen-bond donors (Lipinski definition) is 2. The smallest absolute Gasteiger partial charge is 0.306 e. The van der Waals surface area contributed by atoms with Crippen LogP contribution in [0.5, 0.6) is 0 Å². The molecule has 24 heavy (non-hydrogen) atoms. The van der Waals surface area contributed by atoms with Crippen LogP contribution in [-0.2, 0) is 28.5 Å². The van der Waals surface area contributed by atoms with Gasteiger partial charge in [0.25, 0.3) is 0 Å². The number of rotatable bonds is 9. The fourth-order valence-electron chi connectivity index (χ4n) is 2.33. The van der Waals surface area contributed by atoms with E-state index < -0.39 is 42.6 Å². The van der Waals surface area contributed by atoms with Crippen molar-refractivity contribution in [1.29, 1.82) is 0 Å². The molecule has 8 heteroatoms. The summed E-state index contributed by atoms with van der Waals surface area (Å²) in [6.07, 6.45) is -4.20. The molecule has 140 valence electrons. The van der Waals surface area contributed by atoms with Gasteiger partial charge in [0.1, 0.15) is 24.9 Å². The normalized spacial score (nSPS) is 30.0. The predicted octanol–water partition coefficient (Wildman–Crippen LogP) is 0.525. The van der Waals surface area contributed by atoms with Gasteiger partial charge in [0.2, 0.25) is 0 Å². The summed E-state index contributed by atoms with van der Waals surface area (Å²) in [5.74, 6) is -0.915. The lowest BCUT2D eigenvalue weighted by Gasteiger charge is -2.41. The van der Waals surface area contributed by atoms with E-state index in [4.69, 9.17) is 18.9 Å². The fraction of sp³-hybridized carbons (Fsp3) is 0.875. The molecule has 0 spiro atoms. The van der Waals surface area contributed by atoms with Gasteiger partial charge in [-0.05, 0) is 19.8 Å². The molecule has 0 aromatic rings. The van der Waals surface area contributed by atoms with Crippen LogP contribution in [0.3, 0.4) is 0 Å². The molecule has 1 rings (SSSR count). The minimum absolute atomic E-state index is 0.191. The van der Waals surface area contributed by atoms with Crippen molar-refractivity contribution in [1.82, 2.24) is 0 Å². The maximum absolute atomic E-state index is 11.7. The molecule has 0 radical (unpaired) electrons. The zero-order chi connectivity index (χ0) is 18.1. The highest BCUT2D eigenvalue weighted by atomic mass is 16.7. The summed E-state index contributed by atoms with van der Waals surface area (Å²) in [6, 6.07) is 0. The highest BCUT2D eigenvalue weighted by Gasteiger charge is 2.47. The molecule has 5 atom stereocenters. The molecule has 0 aliphatic carbocycles. The number of esters is 2. The molecule has 0 aromatic carbocycles. The molecule has 1 aliphatic heterocycles. The van der Waals surface area contributed by atoms with Gasteiger partial charge in [-0.25, -0.2) is 0 Å². The van der Waals surface area contributed by atoms with Crippen LogP contribution in [0.4, 0.5) is 0 Å². The summed E-state index contributed by atoms with van der Waals surface area (Å²) < 4.78 is 21.1. The van der Waals surface area contributed by atoms with Gasteiger partial charge in [-0.2, -0.15) is 0 Å². The van der Waals surface area contributed by atoms with Crippen LogP contribution in [0, 0.1) is 0 Å². The molecule has 1 saturated heterocycles. The molecule has 0 amide bonds. The summed E-state index contributed by atoms with van der Waals surface area (Å²) in [7, 11) is 0. The highest BCUT2D eigenvalue weighted by molar-refractivity contribution is 5.69. The monoisotopic (exact) mass is 348 g/mol. The molecule has 2 N–H and O–H groups in total. The maximum Gasteiger partial charge on any atom is 0.306 e. The Morgan fingerprint density at radius 3 is 2.21 bits per heavy atom. The average Bonchev–Trinajstić information content (AvgIpc) is 2.54. The van der Waals surface area contributed by atoms with E-state index in [1.807, 2.05) is 13.8 Å². The van der Waals surface area contributed by atoms with Crippen molar-refractivity contribution in [2.45, 2.75) is 77.2 Å². The van der Waals surface area contributed by atoms with Gasteiger partial charge in [-0.1, -0.05) is 13.8 Å². The van der Waals surface area contributed by atoms with Gasteiger partial charge in [-0.15, -0.1) is 0 Å². The van der Waals surface area contributed by atoms with Crippen LogP contribution in [0.15, 0.2) is 0 Å². The largest absolute Gasteiger partial charge is 0.463 e. The molecule has 1 heterocycles.